The minimum absolute atomic E-state index is 0.632. The maximum absolute atomic E-state index is 6.03. The molecule has 0 radical (unpaired) electrons. The molecule has 102 valence electrons. The van der Waals surface area contributed by atoms with Crippen molar-refractivity contribution in [1.29, 1.82) is 0 Å². The third-order valence-corrected chi connectivity index (χ3v) is 3.36. The lowest BCUT2D eigenvalue weighted by Crippen LogP contribution is -2.01. The molecule has 1 aromatic carbocycles. The van der Waals surface area contributed by atoms with E-state index in [1.54, 1.807) is 0 Å². The minimum Gasteiger partial charge on any atom is -0.460 e. The quantitative estimate of drug-likeness (QED) is 0.791. The number of hydrogen-bond donors (Lipinski definition) is 1. The summed E-state index contributed by atoms with van der Waals surface area (Å²) >= 11 is 0. The molecule has 0 aliphatic heterocycles. The van der Waals surface area contributed by atoms with Crippen molar-refractivity contribution in [3.05, 3.63) is 59.5 Å². The zero-order valence-electron chi connectivity index (χ0n) is 11.6. The molecule has 2 N–H and O–H groups in total. The van der Waals surface area contributed by atoms with Crippen LogP contribution in [0.25, 0.3) is 11.5 Å². The van der Waals surface area contributed by atoms with Gasteiger partial charge in [0.05, 0.1) is 12.2 Å². The van der Waals surface area contributed by atoms with Gasteiger partial charge in [-0.3, -0.25) is 4.68 Å². The van der Waals surface area contributed by atoms with E-state index in [4.69, 9.17) is 10.2 Å². The van der Waals surface area contributed by atoms with Crippen LogP contribution in [0.2, 0.25) is 0 Å². The number of hydrogen-bond acceptors (Lipinski definition) is 3. The van der Waals surface area contributed by atoms with Crippen LogP contribution < -0.4 is 5.73 Å². The number of rotatable bonds is 3. The Morgan fingerprint density at radius 2 is 1.95 bits per heavy atom. The molecule has 4 heteroatoms. The molecule has 2 aromatic heterocycles. The van der Waals surface area contributed by atoms with Crippen LogP contribution in [-0.2, 0) is 6.54 Å². The molecular formula is C16H17N3O. The summed E-state index contributed by atoms with van der Waals surface area (Å²) in [6, 6.07) is 12.1. The van der Waals surface area contributed by atoms with Crippen molar-refractivity contribution >= 4 is 5.69 Å². The molecule has 0 saturated carbocycles. The van der Waals surface area contributed by atoms with E-state index in [9.17, 15) is 0 Å². The van der Waals surface area contributed by atoms with Gasteiger partial charge in [-0.05, 0) is 37.1 Å². The summed E-state index contributed by atoms with van der Waals surface area (Å²) in [6.45, 7) is 4.71. The van der Waals surface area contributed by atoms with Gasteiger partial charge in [0.2, 0.25) is 0 Å². The molecule has 3 rings (SSSR count). The predicted molar refractivity (Wildman–Crippen MR) is 79.4 cm³/mol. The van der Waals surface area contributed by atoms with Crippen LogP contribution in [0.5, 0.6) is 0 Å². The normalized spacial score (nSPS) is 10.9. The maximum Gasteiger partial charge on any atom is 0.156 e. The lowest BCUT2D eigenvalue weighted by Gasteiger charge is -2.05. The largest absolute Gasteiger partial charge is 0.460 e. The number of nitrogens with zero attached hydrogens (tertiary/aromatic N) is 2. The maximum atomic E-state index is 6.03. The lowest BCUT2D eigenvalue weighted by molar-refractivity contribution is 0.544. The number of aromatic nitrogens is 2. The average Bonchev–Trinajstić information content (AvgIpc) is 2.98. The van der Waals surface area contributed by atoms with E-state index in [2.05, 4.69) is 24.2 Å². The highest BCUT2D eigenvalue weighted by Crippen LogP contribution is 2.26. The molecule has 0 fully saturated rings. The van der Waals surface area contributed by atoms with E-state index in [1.807, 2.05) is 42.1 Å². The van der Waals surface area contributed by atoms with Crippen LogP contribution in [0.15, 0.2) is 47.0 Å². The standard InChI is InChI=1S/C16H17N3O/c1-11-5-3-4-6-13(11)9-19-10-14(17)16(18-19)15-8-7-12(2)20-15/h3-8,10H,9,17H2,1-2H3. The Bertz CT molecular complexity index is 740. The van der Waals surface area contributed by atoms with Crippen molar-refractivity contribution in [2.75, 3.05) is 5.73 Å². The third-order valence-electron chi connectivity index (χ3n) is 3.36. The number of benzene rings is 1. The summed E-state index contributed by atoms with van der Waals surface area (Å²) < 4.78 is 7.43. The van der Waals surface area contributed by atoms with Crippen molar-refractivity contribution < 1.29 is 4.42 Å². The lowest BCUT2D eigenvalue weighted by atomic mass is 10.1. The van der Waals surface area contributed by atoms with Crippen molar-refractivity contribution in [2.45, 2.75) is 20.4 Å². The average molecular weight is 267 g/mol. The number of nitrogen functional groups attached to an aromatic ring is 1. The van der Waals surface area contributed by atoms with Crippen LogP contribution in [0.3, 0.4) is 0 Å². The summed E-state index contributed by atoms with van der Waals surface area (Å²) in [4.78, 5) is 0. The van der Waals surface area contributed by atoms with Gasteiger partial charge in [0.1, 0.15) is 5.76 Å². The fourth-order valence-electron chi connectivity index (χ4n) is 2.23. The fraction of sp³-hybridized carbons (Fsp3) is 0.188. The zero-order chi connectivity index (χ0) is 14.1. The van der Waals surface area contributed by atoms with Gasteiger partial charge in [0.25, 0.3) is 0 Å². The van der Waals surface area contributed by atoms with Crippen molar-refractivity contribution in [3.8, 4) is 11.5 Å². The first-order valence-electron chi connectivity index (χ1n) is 6.58. The summed E-state index contributed by atoms with van der Waals surface area (Å²) in [5.74, 6) is 1.57. The van der Waals surface area contributed by atoms with Crippen LogP contribution in [0, 0.1) is 13.8 Å². The molecule has 0 unspecified atom stereocenters. The van der Waals surface area contributed by atoms with Crippen molar-refractivity contribution in [1.82, 2.24) is 9.78 Å². The monoisotopic (exact) mass is 267 g/mol. The van der Waals surface area contributed by atoms with E-state index in [0.29, 0.717) is 23.7 Å². The Labute approximate surface area is 117 Å². The van der Waals surface area contributed by atoms with E-state index in [1.165, 1.54) is 11.1 Å². The Morgan fingerprint density at radius 3 is 2.65 bits per heavy atom. The van der Waals surface area contributed by atoms with E-state index in [0.717, 1.165) is 5.76 Å². The summed E-state index contributed by atoms with van der Waals surface area (Å²) in [6.07, 6.45) is 1.85. The Hall–Kier alpha value is -2.49. The molecule has 0 aliphatic rings. The Kier molecular flexibility index (Phi) is 3.06. The second-order valence-electron chi connectivity index (χ2n) is 4.97. The number of nitrogens with two attached hydrogens (primary N) is 1. The molecule has 0 atom stereocenters. The highest BCUT2D eigenvalue weighted by atomic mass is 16.3. The van der Waals surface area contributed by atoms with Gasteiger partial charge >= 0.3 is 0 Å². The highest BCUT2D eigenvalue weighted by Gasteiger charge is 2.12. The van der Waals surface area contributed by atoms with Crippen LogP contribution in [-0.4, -0.2) is 9.78 Å². The third kappa shape index (κ3) is 2.32. The van der Waals surface area contributed by atoms with Gasteiger partial charge in [-0.2, -0.15) is 5.10 Å². The Morgan fingerprint density at radius 1 is 1.15 bits per heavy atom. The first kappa shape index (κ1) is 12.5. The van der Waals surface area contributed by atoms with Crippen LogP contribution in [0.1, 0.15) is 16.9 Å². The van der Waals surface area contributed by atoms with Gasteiger partial charge in [-0.25, -0.2) is 0 Å². The van der Waals surface area contributed by atoms with Gasteiger partial charge in [0.15, 0.2) is 11.5 Å². The molecule has 2 heterocycles. The molecule has 0 saturated heterocycles. The first-order chi connectivity index (χ1) is 9.63. The van der Waals surface area contributed by atoms with E-state index < -0.39 is 0 Å². The fourth-order valence-corrected chi connectivity index (χ4v) is 2.23. The summed E-state index contributed by atoms with van der Waals surface area (Å²) in [7, 11) is 0. The molecular weight excluding hydrogens is 250 g/mol. The van der Waals surface area contributed by atoms with Gasteiger partial charge in [-0.1, -0.05) is 24.3 Å². The van der Waals surface area contributed by atoms with Crippen molar-refractivity contribution in [2.24, 2.45) is 0 Å². The first-order valence-corrected chi connectivity index (χ1v) is 6.58. The predicted octanol–water partition coefficient (Wildman–Crippen LogP) is 3.39. The minimum atomic E-state index is 0.632. The van der Waals surface area contributed by atoms with E-state index >= 15 is 0 Å². The molecule has 0 bridgehead atoms. The van der Waals surface area contributed by atoms with Crippen LogP contribution in [0.4, 0.5) is 5.69 Å². The smallest absolute Gasteiger partial charge is 0.156 e. The zero-order valence-corrected chi connectivity index (χ0v) is 11.6. The number of furan rings is 1. The highest BCUT2D eigenvalue weighted by molar-refractivity contribution is 5.67. The number of aryl methyl sites for hydroxylation is 2. The number of anilines is 1. The molecule has 4 nitrogen and oxygen atoms in total. The second kappa shape index (κ2) is 4.89. The molecule has 0 aliphatic carbocycles. The Balaban J connectivity index is 1.91. The summed E-state index contributed by atoms with van der Waals surface area (Å²) in [5, 5.41) is 4.53. The van der Waals surface area contributed by atoms with Gasteiger partial charge in [0, 0.05) is 6.20 Å². The van der Waals surface area contributed by atoms with E-state index in [-0.39, 0.29) is 0 Å². The van der Waals surface area contributed by atoms with Crippen molar-refractivity contribution in [3.63, 3.8) is 0 Å². The van der Waals surface area contributed by atoms with Crippen LogP contribution >= 0.6 is 0 Å². The van der Waals surface area contributed by atoms with Gasteiger partial charge in [-0.15, -0.1) is 0 Å². The molecule has 3 aromatic rings. The topological polar surface area (TPSA) is 57.0 Å². The molecule has 0 amide bonds. The SMILES string of the molecule is Cc1ccc(-c2nn(Cc3ccccc3C)cc2N)o1. The van der Waals surface area contributed by atoms with Gasteiger partial charge < -0.3 is 10.2 Å². The second-order valence-corrected chi connectivity index (χ2v) is 4.97. The molecule has 0 spiro atoms. The summed E-state index contributed by atoms with van der Waals surface area (Å²) in [5.41, 5.74) is 9.84. The molecule has 20 heavy (non-hydrogen) atoms.